The van der Waals surface area contributed by atoms with Crippen molar-refractivity contribution in [3.05, 3.63) is 34.0 Å². The van der Waals surface area contributed by atoms with E-state index in [2.05, 4.69) is 11.1 Å². The molecule has 3 rings (SSSR count). The molecule has 0 radical (unpaired) electrons. The van der Waals surface area contributed by atoms with Gasteiger partial charge in [0.2, 0.25) is 23.4 Å². The van der Waals surface area contributed by atoms with Gasteiger partial charge in [-0.05, 0) is 23.9 Å². The van der Waals surface area contributed by atoms with Crippen LogP contribution >= 0.6 is 11.3 Å². The molecule has 3 heterocycles. The van der Waals surface area contributed by atoms with Crippen LogP contribution in [0.15, 0.2) is 21.9 Å². The molecule has 2 aromatic heterocycles. The minimum Gasteiger partial charge on any atom is -0.420 e. The number of nitrogens with zero attached hydrogens (tertiary/aromatic N) is 4. The van der Waals surface area contributed by atoms with E-state index in [1.165, 1.54) is 0 Å². The predicted molar refractivity (Wildman–Crippen MR) is 98.2 cm³/mol. The number of hydrogen-bond acceptors (Lipinski definition) is 6. The Bertz CT molecular complexity index is 781. The Morgan fingerprint density at radius 3 is 2.84 bits per heavy atom. The van der Waals surface area contributed by atoms with Gasteiger partial charge in [-0.3, -0.25) is 4.79 Å². The molecular formula is C18H20N4O2S. The number of amides is 1. The maximum atomic E-state index is 12.0. The van der Waals surface area contributed by atoms with Crippen LogP contribution in [0.1, 0.15) is 36.2 Å². The number of nitriles is 1. The molecule has 1 aliphatic rings. The molecule has 0 atom stereocenters. The van der Waals surface area contributed by atoms with Gasteiger partial charge < -0.3 is 14.2 Å². The van der Waals surface area contributed by atoms with Crippen LogP contribution < -0.4 is 4.90 Å². The Morgan fingerprint density at radius 1 is 1.40 bits per heavy atom. The summed E-state index contributed by atoms with van der Waals surface area (Å²) >= 11 is 1.62. The zero-order chi connectivity index (χ0) is 17.6. The van der Waals surface area contributed by atoms with Crippen molar-refractivity contribution in [3.8, 4) is 6.07 Å². The highest BCUT2D eigenvalue weighted by Crippen LogP contribution is 2.24. The molecule has 1 fully saturated rings. The van der Waals surface area contributed by atoms with Gasteiger partial charge in [-0.15, -0.1) is 11.3 Å². The Labute approximate surface area is 151 Å². The fraction of sp³-hybridized carbons (Fsp3) is 0.389. The third-order valence-corrected chi connectivity index (χ3v) is 4.89. The predicted octanol–water partition coefficient (Wildman–Crippen LogP) is 3.23. The lowest BCUT2D eigenvalue weighted by molar-refractivity contribution is -0.131. The molecule has 25 heavy (non-hydrogen) atoms. The molecule has 7 heteroatoms. The third kappa shape index (κ3) is 4.09. The molecule has 0 bridgehead atoms. The fourth-order valence-corrected chi connectivity index (χ4v) is 3.38. The van der Waals surface area contributed by atoms with Crippen molar-refractivity contribution in [3.63, 3.8) is 0 Å². The van der Waals surface area contributed by atoms with Crippen LogP contribution in [0.2, 0.25) is 0 Å². The van der Waals surface area contributed by atoms with E-state index < -0.39 is 0 Å². The molecule has 0 aromatic carbocycles. The van der Waals surface area contributed by atoms with Crippen LogP contribution in [0.25, 0.3) is 12.2 Å². The number of anilines is 1. The second-order valence-corrected chi connectivity index (χ2v) is 6.76. The molecule has 0 N–H and O–H groups in total. The number of carbonyl (C=O) groups excluding carboxylic acids is 1. The monoisotopic (exact) mass is 356 g/mol. The second kappa shape index (κ2) is 7.99. The van der Waals surface area contributed by atoms with Crippen molar-refractivity contribution in [2.24, 2.45) is 0 Å². The van der Waals surface area contributed by atoms with Crippen LogP contribution in [0.4, 0.5) is 5.88 Å². The van der Waals surface area contributed by atoms with Gasteiger partial charge in [0.15, 0.2) is 0 Å². The van der Waals surface area contributed by atoms with Crippen molar-refractivity contribution in [2.45, 2.75) is 19.8 Å². The van der Waals surface area contributed by atoms with Gasteiger partial charge in [-0.2, -0.15) is 10.2 Å². The first kappa shape index (κ1) is 17.2. The highest BCUT2D eigenvalue weighted by atomic mass is 32.1. The summed E-state index contributed by atoms with van der Waals surface area (Å²) < 4.78 is 5.79. The van der Waals surface area contributed by atoms with Gasteiger partial charge in [-0.25, -0.2) is 0 Å². The number of hydrogen-bond donors (Lipinski definition) is 0. The first-order valence-corrected chi connectivity index (χ1v) is 9.24. The SMILES string of the molecule is CCCC(=O)N1CCN(c2oc(/C=C/c3cccs3)nc2C#N)CC1. The maximum absolute atomic E-state index is 12.0. The molecule has 1 aliphatic heterocycles. The molecule has 0 unspecified atom stereocenters. The first-order valence-electron chi connectivity index (χ1n) is 8.36. The van der Waals surface area contributed by atoms with E-state index in [0.29, 0.717) is 50.1 Å². The average molecular weight is 356 g/mol. The quantitative estimate of drug-likeness (QED) is 0.822. The summed E-state index contributed by atoms with van der Waals surface area (Å²) in [6.07, 6.45) is 5.14. The van der Waals surface area contributed by atoms with Gasteiger partial charge in [0.25, 0.3) is 0 Å². The Kier molecular flexibility index (Phi) is 5.51. The maximum Gasteiger partial charge on any atom is 0.235 e. The van der Waals surface area contributed by atoms with Crippen LogP contribution in [-0.4, -0.2) is 42.0 Å². The normalized spacial score (nSPS) is 14.9. The number of thiophene rings is 1. The van der Waals surface area contributed by atoms with Crippen LogP contribution in [0, 0.1) is 11.3 Å². The molecule has 0 aliphatic carbocycles. The largest absolute Gasteiger partial charge is 0.420 e. The Hall–Kier alpha value is -2.59. The molecule has 130 valence electrons. The van der Waals surface area contributed by atoms with Crippen molar-refractivity contribution < 1.29 is 9.21 Å². The van der Waals surface area contributed by atoms with Crippen molar-refractivity contribution in [2.75, 3.05) is 31.1 Å². The van der Waals surface area contributed by atoms with Gasteiger partial charge in [-0.1, -0.05) is 13.0 Å². The van der Waals surface area contributed by atoms with Gasteiger partial charge in [0, 0.05) is 43.6 Å². The molecule has 6 nitrogen and oxygen atoms in total. The van der Waals surface area contributed by atoms with E-state index >= 15 is 0 Å². The summed E-state index contributed by atoms with van der Waals surface area (Å²) in [6, 6.07) is 6.08. The summed E-state index contributed by atoms with van der Waals surface area (Å²) in [5.74, 6) is 1.11. The van der Waals surface area contributed by atoms with Crippen LogP contribution in [0.3, 0.4) is 0 Å². The van der Waals surface area contributed by atoms with Crippen LogP contribution in [-0.2, 0) is 4.79 Å². The van der Waals surface area contributed by atoms with Gasteiger partial charge >= 0.3 is 0 Å². The van der Waals surface area contributed by atoms with E-state index in [-0.39, 0.29) is 5.91 Å². The minimum atomic E-state index is 0.194. The summed E-state index contributed by atoms with van der Waals surface area (Å²) in [4.78, 5) is 21.2. The second-order valence-electron chi connectivity index (χ2n) is 5.78. The molecule has 1 amide bonds. The van der Waals surface area contributed by atoms with Crippen molar-refractivity contribution in [1.82, 2.24) is 9.88 Å². The number of carbonyl (C=O) groups is 1. The number of oxazole rings is 1. The van der Waals surface area contributed by atoms with E-state index in [1.807, 2.05) is 40.3 Å². The lowest BCUT2D eigenvalue weighted by Gasteiger charge is -2.34. The smallest absolute Gasteiger partial charge is 0.235 e. The summed E-state index contributed by atoms with van der Waals surface area (Å²) in [5, 5.41) is 11.3. The minimum absolute atomic E-state index is 0.194. The van der Waals surface area contributed by atoms with E-state index in [0.717, 1.165) is 11.3 Å². The highest BCUT2D eigenvalue weighted by molar-refractivity contribution is 7.10. The van der Waals surface area contributed by atoms with Gasteiger partial charge in [0.1, 0.15) is 6.07 Å². The summed E-state index contributed by atoms with van der Waals surface area (Å²) in [6.45, 7) is 4.59. The lowest BCUT2D eigenvalue weighted by atomic mass is 10.2. The highest BCUT2D eigenvalue weighted by Gasteiger charge is 2.25. The summed E-state index contributed by atoms with van der Waals surface area (Å²) in [5.41, 5.74) is 0.291. The molecular weight excluding hydrogens is 336 g/mol. The molecule has 2 aromatic rings. The Morgan fingerprint density at radius 2 is 2.20 bits per heavy atom. The number of piperazine rings is 1. The molecule has 1 saturated heterocycles. The molecule has 0 saturated carbocycles. The van der Waals surface area contributed by atoms with Crippen molar-refractivity contribution >= 4 is 35.3 Å². The number of rotatable bonds is 5. The van der Waals surface area contributed by atoms with E-state index in [1.54, 1.807) is 17.4 Å². The van der Waals surface area contributed by atoms with Crippen LogP contribution in [0.5, 0.6) is 0 Å². The van der Waals surface area contributed by atoms with E-state index in [4.69, 9.17) is 4.42 Å². The fourth-order valence-electron chi connectivity index (χ4n) is 2.76. The van der Waals surface area contributed by atoms with Crippen molar-refractivity contribution in [1.29, 1.82) is 5.26 Å². The van der Waals surface area contributed by atoms with Gasteiger partial charge in [0.05, 0.1) is 0 Å². The zero-order valence-corrected chi connectivity index (χ0v) is 15.0. The lowest BCUT2D eigenvalue weighted by Crippen LogP contribution is -2.48. The standard InChI is InChI=1S/C18H20N4O2S/c1-2-4-17(23)21-8-10-22(11-9-21)18-15(13-19)20-16(24-18)7-6-14-5-3-12-25-14/h3,5-7,12H,2,4,8-11H2,1H3/b7-6+. The average Bonchev–Trinajstić information content (AvgIpc) is 3.29. The zero-order valence-electron chi connectivity index (χ0n) is 14.1. The van der Waals surface area contributed by atoms with E-state index in [9.17, 15) is 10.1 Å². The topological polar surface area (TPSA) is 73.4 Å². The number of aromatic nitrogens is 1. The first-order chi connectivity index (χ1) is 12.2. The Balaban J connectivity index is 1.68. The summed E-state index contributed by atoms with van der Waals surface area (Å²) in [7, 11) is 0. The molecule has 0 spiro atoms. The third-order valence-electron chi connectivity index (χ3n) is 4.05.